The molecule has 0 bridgehead atoms. The molecule has 0 aromatic heterocycles. The van der Waals surface area contributed by atoms with E-state index in [1.807, 2.05) is 6.26 Å². The van der Waals surface area contributed by atoms with Crippen molar-refractivity contribution < 1.29 is 4.79 Å². The Labute approximate surface area is 103 Å². The number of carbonyl (C=O) groups excluding carboxylic acids is 1. The van der Waals surface area contributed by atoms with E-state index in [4.69, 9.17) is 0 Å². The molecule has 0 saturated heterocycles. The molecule has 1 amide bonds. The minimum absolute atomic E-state index is 0.0984. The average Bonchev–Trinajstić information content (AvgIpc) is 2.17. The lowest BCUT2D eigenvalue weighted by Crippen LogP contribution is -2.39. The zero-order valence-electron chi connectivity index (χ0n) is 8.33. The quantitative estimate of drug-likeness (QED) is 0.455. The monoisotopic (exact) mass is 325 g/mol. The zero-order valence-corrected chi connectivity index (χ0v) is 11.3. The number of nitrogens with one attached hydrogen (secondary N) is 1. The Morgan fingerprint density at radius 2 is 2.36 bits per heavy atom. The van der Waals surface area contributed by atoms with E-state index in [9.17, 15) is 4.79 Å². The first-order valence-corrected chi connectivity index (χ1v) is 7.34. The van der Waals surface area contributed by atoms with Crippen LogP contribution < -0.4 is 5.32 Å². The number of alkyl halides is 1. The third-order valence-corrected chi connectivity index (χ3v) is 4.20. The molecule has 0 radical (unpaired) electrons. The van der Waals surface area contributed by atoms with Gasteiger partial charge >= 0.3 is 0 Å². The van der Waals surface area contributed by atoms with Gasteiger partial charge in [-0.15, -0.1) is 0 Å². The van der Waals surface area contributed by atoms with Crippen LogP contribution in [0.4, 0.5) is 4.79 Å². The van der Waals surface area contributed by atoms with Gasteiger partial charge in [0.05, 0.1) is 0 Å². The van der Waals surface area contributed by atoms with E-state index in [2.05, 4.69) is 40.1 Å². The number of rotatable bonds is 1. The summed E-state index contributed by atoms with van der Waals surface area (Å²) in [4.78, 5) is 11.3. The highest BCUT2D eigenvalue weighted by atomic mass is 127. The van der Waals surface area contributed by atoms with E-state index < -0.39 is 0 Å². The van der Waals surface area contributed by atoms with Crippen molar-refractivity contribution in [3.8, 4) is 0 Å². The van der Waals surface area contributed by atoms with Gasteiger partial charge in [0, 0.05) is 9.97 Å². The highest BCUT2D eigenvalue weighted by Crippen LogP contribution is 2.20. The maximum absolute atomic E-state index is 11.3. The Bertz CT molecular complexity index is 220. The van der Waals surface area contributed by atoms with Crippen molar-refractivity contribution in [1.82, 2.24) is 5.32 Å². The largest absolute Gasteiger partial charge is 0.343 e. The number of hydrogen-bond acceptors (Lipinski definition) is 2. The predicted molar refractivity (Wildman–Crippen MR) is 71.3 cm³/mol. The summed E-state index contributed by atoms with van der Waals surface area (Å²) in [6, 6.07) is 0.348. The molecule has 0 aromatic rings. The van der Waals surface area contributed by atoms with Crippen LogP contribution in [0.25, 0.3) is 0 Å². The minimum Gasteiger partial charge on any atom is -0.343 e. The fraction of sp³-hybridized carbons (Fsp3) is 0.700. The molecule has 0 aromatic carbocycles. The molecule has 1 aliphatic carbocycles. The minimum atomic E-state index is 0.0984. The summed E-state index contributed by atoms with van der Waals surface area (Å²) < 4.78 is 0.528. The van der Waals surface area contributed by atoms with E-state index in [-0.39, 0.29) is 5.24 Å². The first-order chi connectivity index (χ1) is 6.74. The van der Waals surface area contributed by atoms with Gasteiger partial charge in [0.15, 0.2) is 0 Å². The summed E-state index contributed by atoms with van der Waals surface area (Å²) in [6.07, 6.45) is 10.8. The van der Waals surface area contributed by atoms with Crippen molar-refractivity contribution in [2.75, 3.05) is 6.26 Å². The summed E-state index contributed by atoms with van der Waals surface area (Å²) in [5.41, 5.74) is 0. The maximum Gasteiger partial charge on any atom is 0.279 e. The molecule has 0 saturated carbocycles. The first-order valence-electron chi connectivity index (χ1n) is 4.87. The average molecular weight is 325 g/mol. The number of hydrogen-bond donors (Lipinski definition) is 1. The van der Waals surface area contributed by atoms with Gasteiger partial charge in [-0.05, 0) is 31.9 Å². The summed E-state index contributed by atoms with van der Waals surface area (Å²) in [6.45, 7) is 0. The van der Waals surface area contributed by atoms with E-state index in [0.29, 0.717) is 9.97 Å². The van der Waals surface area contributed by atoms with E-state index in [0.717, 1.165) is 19.3 Å². The van der Waals surface area contributed by atoms with Crippen LogP contribution in [-0.2, 0) is 0 Å². The predicted octanol–water partition coefficient (Wildman–Crippen LogP) is 3.36. The molecule has 2 atom stereocenters. The summed E-state index contributed by atoms with van der Waals surface area (Å²) in [5, 5.41) is 3.17. The van der Waals surface area contributed by atoms with Gasteiger partial charge in [-0.25, -0.2) is 0 Å². The standard InChI is InChI=1S/C10H16INOS/c1-14-10(13)12-9-7-5-3-2-4-6-8(9)11/h2,4,8-9H,3,5-7H2,1H3,(H,12,13)/b4-2+/t8?,9-/m1/s1. The Kier molecular flexibility index (Phi) is 5.93. The summed E-state index contributed by atoms with van der Waals surface area (Å²) >= 11 is 3.70. The van der Waals surface area contributed by atoms with Crippen LogP contribution in [-0.4, -0.2) is 21.5 Å². The Morgan fingerprint density at radius 1 is 1.57 bits per heavy atom. The van der Waals surface area contributed by atoms with Crippen LogP contribution >= 0.6 is 34.4 Å². The van der Waals surface area contributed by atoms with E-state index in [1.165, 1.54) is 18.2 Å². The molecule has 1 unspecified atom stereocenters. The Morgan fingerprint density at radius 3 is 3.07 bits per heavy atom. The molecule has 0 fully saturated rings. The van der Waals surface area contributed by atoms with Crippen LogP contribution in [0, 0.1) is 0 Å². The lowest BCUT2D eigenvalue weighted by atomic mass is 10.0. The molecule has 0 aliphatic heterocycles. The van der Waals surface area contributed by atoms with Gasteiger partial charge in [0.25, 0.3) is 5.24 Å². The van der Waals surface area contributed by atoms with Gasteiger partial charge in [0.2, 0.25) is 0 Å². The molecule has 14 heavy (non-hydrogen) atoms. The molecule has 2 nitrogen and oxygen atoms in total. The zero-order chi connectivity index (χ0) is 10.4. The van der Waals surface area contributed by atoms with Crippen molar-refractivity contribution in [1.29, 1.82) is 0 Å². The Hall–Kier alpha value is 0.290. The van der Waals surface area contributed by atoms with E-state index >= 15 is 0 Å². The van der Waals surface area contributed by atoms with Gasteiger partial charge in [-0.3, -0.25) is 4.79 Å². The third-order valence-electron chi connectivity index (χ3n) is 2.34. The second-order valence-corrected chi connectivity index (χ2v) is 5.78. The van der Waals surface area contributed by atoms with Crippen molar-refractivity contribution in [2.24, 2.45) is 0 Å². The van der Waals surface area contributed by atoms with Gasteiger partial charge in [-0.2, -0.15) is 0 Å². The Balaban J connectivity index is 2.47. The fourth-order valence-electron chi connectivity index (χ4n) is 1.52. The number of allylic oxidation sites excluding steroid dienone is 2. The second kappa shape index (κ2) is 6.71. The van der Waals surface area contributed by atoms with E-state index in [1.54, 1.807) is 0 Å². The van der Waals surface area contributed by atoms with Gasteiger partial charge in [0.1, 0.15) is 0 Å². The van der Waals surface area contributed by atoms with Crippen molar-refractivity contribution in [3.63, 3.8) is 0 Å². The fourth-order valence-corrected chi connectivity index (χ4v) is 2.62. The summed E-state index contributed by atoms with van der Waals surface area (Å²) in [7, 11) is 0. The smallest absolute Gasteiger partial charge is 0.279 e. The topological polar surface area (TPSA) is 29.1 Å². The van der Waals surface area contributed by atoms with Crippen molar-refractivity contribution >= 4 is 39.6 Å². The lowest BCUT2D eigenvalue weighted by Gasteiger charge is -2.23. The number of amides is 1. The van der Waals surface area contributed by atoms with Crippen LogP contribution in [0.1, 0.15) is 25.7 Å². The maximum atomic E-state index is 11.3. The number of carbonyl (C=O) groups is 1. The van der Waals surface area contributed by atoms with Crippen LogP contribution in [0.5, 0.6) is 0 Å². The molecular weight excluding hydrogens is 309 g/mol. The third kappa shape index (κ3) is 4.21. The van der Waals surface area contributed by atoms with Crippen molar-refractivity contribution in [3.05, 3.63) is 12.2 Å². The molecule has 1 aliphatic rings. The van der Waals surface area contributed by atoms with Crippen LogP contribution in [0.15, 0.2) is 12.2 Å². The highest BCUT2D eigenvalue weighted by Gasteiger charge is 2.19. The molecule has 1 N–H and O–H groups in total. The summed E-state index contributed by atoms with van der Waals surface area (Å²) in [5.74, 6) is 0. The van der Waals surface area contributed by atoms with Crippen LogP contribution in [0.2, 0.25) is 0 Å². The first kappa shape index (κ1) is 12.4. The van der Waals surface area contributed by atoms with Gasteiger partial charge < -0.3 is 5.32 Å². The normalized spacial score (nSPS) is 30.1. The molecule has 0 heterocycles. The second-order valence-electron chi connectivity index (χ2n) is 3.40. The number of thioether (sulfide) groups is 1. The molecular formula is C10H16INOS. The highest BCUT2D eigenvalue weighted by molar-refractivity contribution is 14.1. The SMILES string of the molecule is CSC(=O)N[C@@H]1CCC/C=C/CC1I. The van der Waals surface area contributed by atoms with Crippen LogP contribution in [0.3, 0.4) is 0 Å². The van der Waals surface area contributed by atoms with Gasteiger partial charge in [-0.1, -0.05) is 46.5 Å². The van der Waals surface area contributed by atoms with Crippen molar-refractivity contribution in [2.45, 2.75) is 35.6 Å². The molecule has 0 spiro atoms. The molecule has 1 rings (SSSR count). The lowest BCUT2D eigenvalue weighted by molar-refractivity contribution is 0.256. The molecule has 4 heteroatoms. The number of halogens is 1. The molecule has 80 valence electrons.